The smallest absolute Gasteiger partial charge is 0.271 e. The van der Waals surface area contributed by atoms with E-state index in [1.165, 1.54) is 35.1 Å². The van der Waals surface area contributed by atoms with Gasteiger partial charge in [0, 0.05) is 29.5 Å². The van der Waals surface area contributed by atoms with Crippen molar-refractivity contribution in [2.24, 2.45) is 0 Å². The predicted molar refractivity (Wildman–Crippen MR) is 130 cm³/mol. The molecule has 1 N–H and O–H groups in total. The highest BCUT2D eigenvalue weighted by molar-refractivity contribution is 6.33. The van der Waals surface area contributed by atoms with Crippen molar-refractivity contribution >= 4 is 40.6 Å². The molecule has 0 aliphatic rings. The van der Waals surface area contributed by atoms with E-state index in [0.717, 1.165) is 5.56 Å². The number of hydrogen-bond donors (Lipinski definition) is 1. The SMILES string of the molecule is O=C(Nc1nn(Cc2ccccc2F)cc1Cl)c1ccc(COc2ccc([N+](=O)[O-])cc2Cl)cc1. The summed E-state index contributed by atoms with van der Waals surface area (Å²) in [5.41, 5.74) is 1.43. The van der Waals surface area contributed by atoms with E-state index in [1.807, 2.05) is 0 Å². The molecule has 8 nitrogen and oxygen atoms in total. The number of non-ortho nitro benzene ring substituents is 1. The van der Waals surface area contributed by atoms with E-state index in [4.69, 9.17) is 27.9 Å². The summed E-state index contributed by atoms with van der Waals surface area (Å²) in [6.07, 6.45) is 1.51. The number of nitrogens with one attached hydrogen (secondary N) is 1. The molecule has 0 aliphatic carbocycles. The average molecular weight is 515 g/mol. The average Bonchev–Trinajstić information content (AvgIpc) is 3.18. The molecule has 1 amide bonds. The molecular formula is C24H17Cl2FN4O4. The van der Waals surface area contributed by atoms with Gasteiger partial charge in [0.15, 0.2) is 5.82 Å². The molecule has 0 radical (unpaired) electrons. The normalized spacial score (nSPS) is 10.7. The quantitative estimate of drug-likeness (QED) is 0.225. The van der Waals surface area contributed by atoms with Crippen molar-refractivity contribution in [1.29, 1.82) is 0 Å². The van der Waals surface area contributed by atoms with Gasteiger partial charge in [-0.1, -0.05) is 53.5 Å². The lowest BCUT2D eigenvalue weighted by atomic mass is 10.1. The van der Waals surface area contributed by atoms with E-state index in [1.54, 1.807) is 42.5 Å². The van der Waals surface area contributed by atoms with Crippen LogP contribution in [0.15, 0.2) is 72.9 Å². The fourth-order valence-corrected chi connectivity index (χ4v) is 3.60. The van der Waals surface area contributed by atoms with Crippen LogP contribution in [0.4, 0.5) is 15.9 Å². The number of anilines is 1. The number of benzene rings is 3. The topological polar surface area (TPSA) is 99.3 Å². The van der Waals surface area contributed by atoms with Crippen molar-refractivity contribution in [2.45, 2.75) is 13.2 Å². The Bertz CT molecular complexity index is 1390. The number of nitrogens with zero attached hydrogens (tertiary/aromatic N) is 3. The highest BCUT2D eigenvalue weighted by Crippen LogP contribution is 2.29. The maximum Gasteiger partial charge on any atom is 0.271 e. The number of carbonyl (C=O) groups excluding carboxylic acids is 1. The Morgan fingerprint density at radius 2 is 1.83 bits per heavy atom. The van der Waals surface area contributed by atoms with Crippen molar-refractivity contribution in [2.75, 3.05) is 5.32 Å². The monoisotopic (exact) mass is 514 g/mol. The molecule has 1 aromatic heterocycles. The van der Waals surface area contributed by atoms with Crippen molar-refractivity contribution in [3.8, 4) is 5.75 Å². The van der Waals surface area contributed by atoms with Crippen LogP contribution >= 0.6 is 23.2 Å². The maximum atomic E-state index is 13.9. The van der Waals surface area contributed by atoms with Crippen molar-refractivity contribution in [1.82, 2.24) is 9.78 Å². The first-order valence-corrected chi connectivity index (χ1v) is 11.0. The number of aromatic nitrogens is 2. The zero-order valence-corrected chi connectivity index (χ0v) is 19.5. The minimum Gasteiger partial charge on any atom is -0.487 e. The van der Waals surface area contributed by atoms with Crippen molar-refractivity contribution in [3.05, 3.63) is 116 Å². The van der Waals surface area contributed by atoms with Gasteiger partial charge >= 0.3 is 0 Å². The number of nitro groups is 1. The molecular weight excluding hydrogens is 498 g/mol. The molecule has 0 saturated carbocycles. The molecule has 178 valence electrons. The summed E-state index contributed by atoms with van der Waals surface area (Å²) in [4.78, 5) is 22.9. The van der Waals surface area contributed by atoms with Gasteiger partial charge in [-0.3, -0.25) is 19.6 Å². The third-order valence-corrected chi connectivity index (χ3v) is 5.55. The molecule has 1 heterocycles. The standard InChI is InChI=1S/C24H17Cl2FN4O4/c25-19-11-18(31(33)34)9-10-22(19)35-14-15-5-7-16(8-6-15)24(32)28-23-20(26)13-30(29-23)12-17-3-1-2-4-21(17)27/h1-11,13H,12,14H2,(H,28,29,32). The zero-order chi connectivity index (χ0) is 24.9. The van der Waals surface area contributed by atoms with Crippen LogP contribution in [0, 0.1) is 15.9 Å². The first-order valence-electron chi connectivity index (χ1n) is 10.2. The fourth-order valence-electron chi connectivity index (χ4n) is 3.18. The Hall–Kier alpha value is -3.95. The van der Waals surface area contributed by atoms with Crippen LogP contribution < -0.4 is 10.1 Å². The minimum atomic E-state index is -0.541. The van der Waals surface area contributed by atoms with Crippen LogP contribution in [0.5, 0.6) is 5.75 Å². The molecule has 0 atom stereocenters. The van der Waals surface area contributed by atoms with Gasteiger partial charge < -0.3 is 10.1 Å². The number of ether oxygens (including phenoxy) is 1. The summed E-state index contributed by atoms with van der Waals surface area (Å²) in [7, 11) is 0. The van der Waals surface area contributed by atoms with Crippen molar-refractivity contribution in [3.63, 3.8) is 0 Å². The van der Waals surface area contributed by atoms with Crippen LogP contribution in [-0.2, 0) is 13.2 Å². The van der Waals surface area contributed by atoms with E-state index in [9.17, 15) is 19.3 Å². The number of rotatable bonds is 8. The van der Waals surface area contributed by atoms with Gasteiger partial charge in [0.1, 0.15) is 23.2 Å². The Kier molecular flexibility index (Phi) is 7.28. The zero-order valence-electron chi connectivity index (χ0n) is 18.0. The van der Waals surface area contributed by atoms with Gasteiger partial charge in [0.05, 0.1) is 16.5 Å². The Morgan fingerprint density at radius 3 is 2.51 bits per heavy atom. The largest absolute Gasteiger partial charge is 0.487 e. The summed E-state index contributed by atoms with van der Waals surface area (Å²) in [5.74, 6) is -0.313. The van der Waals surface area contributed by atoms with Crippen LogP contribution in [0.3, 0.4) is 0 Å². The molecule has 3 aromatic carbocycles. The Balaban J connectivity index is 1.37. The van der Waals surface area contributed by atoms with E-state index in [-0.39, 0.29) is 40.5 Å². The highest BCUT2D eigenvalue weighted by Gasteiger charge is 2.14. The first-order chi connectivity index (χ1) is 16.8. The van der Waals surface area contributed by atoms with E-state index in [2.05, 4.69) is 10.4 Å². The summed E-state index contributed by atoms with van der Waals surface area (Å²) in [6.45, 7) is 0.307. The van der Waals surface area contributed by atoms with E-state index < -0.39 is 10.8 Å². The third kappa shape index (κ3) is 5.95. The Morgan fingerprint density at radius 1 is 1.09 bits per heavy atom. The van der Waals surface area contributed by atoms with Gasteiger partial charge in [-0.05, 0) is 29.8 Å². The number of hydrogen-bond acceptors (Lipinski definition) is 5. The van der Waals surface area contributed by atoms with Gasteiger partial charge in [0.2, 0.25) is 0 Å². The van der Waals surface area contributed by atoms with Crippen LogP contribution in [0.1, 0.15) is 21.5 Å². The van der Waals surface area contributed by atoms with Gasteiger partial charge in [-0.2, -0.15) is 5.10 Å². The number of halogens is 3. The molecule has 35 heavy (non-hydrogen) atoms. The number of amides is 1. The lowest BCUT2D eigenvalue weighted by molar-refractivity contribution is -0.384. The number of nitro benzene ring substituents is 1. The van der Waals surface area contributed by atoms with Crippen LogP contribution in [0.25, 0.3) is 0 Å². The molecule has 4 aromatic rings. The van der Waals surface area contributed by atoms with Crippen LogP contribution in [0.2, 0.25) is 10.0 Å². The molecule has 0 saturated heterocycles. The first kappa shape index (κ1) is 24.2. The third-order valence-electron chi connectivity index (χ3n) is 4.98. The summed E-state index contributed by atoms with van der Waals surface area (Å²) in [5, 5.41) is 18.0. The molecule has 0 fully saturated rings. The highest BCUT2D eigenvalue weighted by atomic mass is 35.5. The van der Waals surface area contributed by atoms with E-state index >= 15 is 0 Å². The molecule has 4 rings (SSSR count). The minimum absolute atomic E-state index is 0.126. The predicted octanol–water partition coefficient (Wildman–Crippen LogP) is 6.12. The Labute approximate surface area is 209 Å². The number of carbonyl (C=O) groups is 1. The summed E-state index contributed by atoms with van der Waals surface area (Å²) < 4.78 is 20.9. The summed E-state index contributed by atoms with van der Waals surface area (Å²) in [6, 6.07) is 16.9. The lowest BCUT2D eigenvalue weighted by Gasteiger charge is -2.09. The summed E-state index contributed by atoms with van der Waals surface area (Å²) >= 11 is 12.2. The molecule has 0 bridgehead atoms. The molecule has 11 heteroatoms. The van der Waals surface area contributed by atoms with Gasteiger partial charge in [-0.15, -0.1) is 0 Å². The molecule has 0 aliphatic heterocycles. The molecule has 0 unspecified atom stereocenters. The molecule has 0 spiro atoms. The van der Waals surface area contributed by atoms with E-state index in [0.29, 0.717) is 16.9 Å². The maximum absolute atomic E-state index is 13.9. The second-order valence-electron chi connectivity index (χ2n) is 7.43. The fraction of sp³-hybridized carbons (Fsp3) is 0.0833. The van der Waals surface area contributed by atoms with Crippen molar-refractivity contribution < 1.29 is 18.8 Å². The second-order valence-corrected chi connectivity index (χ2v) is 8.24. The van der Waals surface area contributed by atoms with Crippen LogP contribution in [-0.4, -0.2) is 20.6 Å². The second kappa shape index (κ2) is 10.5. The lowest BCUT2D eigenvalue weighted by Crippen LogP contribution is -2.13. The van der Waals surface area contributed by atoms with Gasteiger partial charge in [-0.25, -0.2) is 4.39 Å². The van der Waals surface area contributed by atoms with Gasteiger partial charge in [0.25, 0.3) is 11.6 Å².